The molecule has 4 nitrogen and oxygen atoms in total. The van der Waals surface area contributed by atoms with Crippen LogP contribution in [-0.2, 0) is 18.9 Å². The van der Waals surface area contributed by atoms with Crippen molar-refractivity contribution < 1.29 is 18.9 Å². The van der Waals surface area contributed by atoms with Gasteiger partial charge in [0.2, 0.25) is 0 Å². The lowest BCUT2D eigenvalue weighted by molar-refractivity contribution is 0.00146. The van der Waals surface area contributed by atoms with Gasteiger partial charge in [-0.1, -0.05) is 0 Å². The van der Waals surface area contributed by atoms with Crippen LogP contribution in [0, 0.1) is 0 Å². The maximum Gasteiger partial charge on any atom is 0.0701 e. The maximum atomic E-state index is 5.52. The van der Waals surface area contributed by atoms with Crippen LogP contribution in [0.5, 0.6) is 0 Å². The highest BCUT2D eigenvalue weighted by atomic mass is 32.2. The van der Waals surface area contributed by atoms with E-state index in [0.29, 0.717) is 39.6 Å². The fourth-order valence-corrected chi connectivity index (χ4v) is 4.51. The number of hydrogen-bond acceptors (Lipinski definition) is 7. The average Bonchev–Trinajstić information content (AvgIpc) is 2.50. The number of hydrogen-bond donors (Lipinski definition) is 0. The Morgan fingerprint density at radius 2 is 0.619 bits per heavy atom. The molecule has 0 aromatic carbocycles. The zero-order valence-electron chi connectivity index (χ0n) is 12.8. The van der Waals surface area contributed by atoms with Crippen molar-refractivity contribution in [3.8, 4) is 0 Å². The van der Waals surface area contributed by atoms with Crippen LogP contribution in [-0.4, -0.2) is 87.4 Å². The van der Waals surface area contributed by atoms with Crippen LogP contribution in [0.25, 0.3) is 0 Å². The predicted molar refractivity (Wildman–Crippen MR) is 95.3 cm³/mol. The van der Waals surface area contributed by atoms with Crippen molar-refractivity contribution in [2.24, 2.45) is 0 Å². The first-order valence-electron chi connectivity index (χ1n) is 7.54. The molecular weight excluding hydrogens is 328 g/mol. The molecule has 0 unspecified atom stereocenters. The van der Waals surface area contributed by atoms with E-state index in [1.54, 1.807) is 0 Å². The molecule has 126 valence electrons. The van der Waals surface area contributed by atoms with E-state index < -0.39 is 0 Å². The first kappa shape index (κ1) is 19.9. The standard InChI is InChI=1S/C14H28O4S3/c1-2-16-4-6-18-8-10-20-12-14-21-13-11-19-9-7-17-5-3-15-1/h1-14H2. The van der Waals surface area contributed by atoms with Gasteiger partial charge in [-0.25, -0.2) is 0 Å². The summed E-state index contributed by atoms with van der Waals surface area (Å²) in [7, 11) is 0. The molecule has 0 amide bonds. The molecular formula is C14H28O4S3. The van der Waals surface area contributed by atoms with Crippen LogP contribution in [0.15, 0.2) is 0 Å². The summed E-state index contributed by atoms with van der Waals surface area (Å²) in [5.41, 5.74) is 0. The predicted octanol–water partition coefficient (Wildman–Crippen LogP) is 2.27. The van der Waals surface area contributed by atoms with E-state index in [9.17, 15) is 0 Å². The molecule has 0 aliphatic carbocycles. The van der Waals surface area contributed by atoms with Gasteiger partial charge in [0.25, 0.3) is 0 Å². The Morgan fingerprint density at radius 3 is 1.00 bits per heavy atom. The molecule has 1 fully saturated rings. The maximum absolute atomic E-state index is 5.52. The molecule has 1 aliphatic heterocycles. The van der Waals surface area contributed by atoms with E-state index in [2.05, 4.69) is 0 Å². The number of rotatable bonds is 0. The SMILES string of the molecule is C1COCCOCCSCCSCCSCCOCCO1. The summed E-state index contributed by atoms with van der Waals surface area (Å²) in [5.74, 6) is 7.07. The molecule has 0 bridgehead atoms. The Morgan fingerprint density at radius 1 is 0.333 bits per heavy atom. The van der Waals surface area contributed by atoms with Crippen molar-refractivity contribution in [3.05, 3.63) is 0 Å². The fourth-order valence-electron chi connectivity index (χ4n) is 1.54. The normalized spacial score (nSPS) is 24.0. The second kappa shape index (κ2) is 17.2. The van der Waals surface area contributed by atoms with E-state index in [1.807, 2.05) is 35.3 Å². The van der Waals surface area contributed by atoms with Gasteiger partial charge in [0, 0.05) is 34.5 Å². The number of thioether (sulfide) groups is 3. The van der Waals surface area contributed by atoms with E-state index in [0.717, 1.165) is 24.7 Å². The van der Waals surface area contributed by atoms with Gasteiger partial charge in [-0.3, -0.25) is 0 Å². The average molecular weight is 357 g/mol. The smallest absolute Gasteiger partial charge is 0.0701 e. The minimum Gasteiger partial charge on any atom is -0.378 e. The van der Waals surface area contributed by atoms with Gasteiger partial charge in [0.15, 0.2) is 0 Å². The molecule has 1 saturated heterocycles. The van der Waals surface area contributed by atoms with Crippen molar-refractivity contribution in [3.63, 3.8) is 0 Å². The van der Waals surface area contributed by atoms with Gasteiger partial charge in [-0.05, 0) is 0 Å². The van der Waals surface area contributed by atoms with E-state index in [1.165, 1.54) is 23.0 Å². The minimum absolute atomic E-state index is 0.630. The largest absolute Gasteiger partial charge is 0.378 e. The molecule has 21 heavy (non-hydrogen) atoms. The Labute approximate surface area is 141 Å². The molecule has 0 N–H and O–H groups in total. The second-order valence-electron chi connectivity index (χ2n) is 4.29. The Hall–Kier alpha value is 0.890. The van der Waals surface area contributed by atoms with E-state index in [4.69, 9.17) is 18.9 Å². The Kier molecular flexibility index (Phi) is 16.4. The third kappa shape index (κ3) is 15.6. The van der Waals surface area contributed by atoms with Crippen LogP contribution in [0.3, 0.4) is 0 Å². The monoisotopic (exact) mass is 356 g/mol. The van der Waals surface area contributed by atoms with Gasteiger partial charge in [0.05, 0.1) is 52.9 Å². The Bertz CT molecular complexity index is 118. The molecule has 7 heteroatoms. The van der Waals surface area contributed by atoms with Crippen molar-refractivity contribution in [1.29, 1.82) is 0 Å². The van der Waals surface area contributed by atoms with Crippen LogP contribution >= 0.6 is 35.3 Å². The van der Waals surface area contributed by atoms with E-state index >= 15 is 0 Å². The van der Waals surface area contributed by atoms with Crippen LogP contribution in [0.2, 0.25) is 0 Å². The van der Waals surface area contributed by atoms with Crippen molar-refractivity contribution in [2.45, 2.75) is 0 Å². The fraction of sp³-hybridized carbons (Fsp3) is 1.00. The molecule has 0 radical (unpaired) electrons. The third-order valence-electron chi connectivity index (χ3n) is 2.60. The summed E-state index contributed by atoms with van der Waals surface area (Å²) >= 11 is 5.99. The highest BCUT2D eigenvalue weighted by molar-refractivity contribution is 8.04. The van der Waals surface area contributed by atoms with Gasteiger partial charge in [0.1, 0.15) is 0 Å². The van der Waals surface area contributed by atoms with Crippen molar-refractivity contribution in [1.82, 2.24) is 0 Å². The summed E-state index contributed by atoms with van der Waals surface area (Å²) < 4.78 is 21.9. The molecule has 0 atom stereocenters. The highest BCUT2D eigenvalue weighted by Crippen LogP contribution is 2.10. The molecule has 1 heterocycles. The van der Waals surface area contributed by atoms with Gasteiger partial charge in [-0.2, -0.15) is 35.3 Å². The van der Waals surface area contributed by atoms with Crippen molar-refractivity contribution in [2.75, 3.05) is 87.4 Å². The molecule has 0 saturated carbocycles. The second-order valence-corrected chi connectivity index (χ2v) is 7.96. The summed E-state index contributed by atoms with van der Waals surface area (Å²) in [6.45, 7) is 5.56. The van der Waals surface area contributed by atoms with Crippen LogP contribution in [0.4, 0.5) is 0 Å². The highest BCUT2D eigenvalue weighted by Gasteiger charge is 1.96. The lowest BCUT2D eigenvalue weighted by Gasteiger charge is -2.07. The first-order valence-corrected chi connectivity index (χ1v) is 11.0. The topological polar surface area (TPSA) is 36.9 Å². The lowest BCUT2D eigenvalue weighted by Crippen LogP contribution is -2.12. The zero-order chi connectivity index (χ0) is 14.8. The molecule has 1 rings (SSSR count). The molecule has 0 aromatic heterocycles. The first-order chi connectivity index (χ1) is 10.5. The quantitative estimate of drug-likeness (QED) is 0.659. The number of ether oxygens (including phenoxy) is 4. The van der Waals surface area contributed by atoms with E-state index in [-0.39, 0.29) is 0 Å². The summed E-state index contributed by atoms with van der Waals surface area (Å²) in [6.07, 6.45) is 0. The van der Waals surface area contributed by atoms with Crippen LogP contribution < -0.4 is 0 Å². The minimum atomic E-state index is 0.630. The van der Waals surface area contributed by atoms with Gasteiger partial charge < -0.3 is 18.9 Å². The molecule has 0 aromatic rings. The third-order valence-corrected chi connectivity index (χ3v) is 6.00. The van der Waals surface area contributed by atoms with Gasteiger partial charge >= 0.3 is 0 Å². The van der Waals surface area contributed by atoms with Crippen molar-refractivity contribution >= 4 is 35.3 Å². The van der Waals surface area contributed by atoms with Gasteiger partial charge in [-0.15, -0.1) is 0 Å². The Balaban J connectivity index is 2.00. The lowest BCUT2D eigenvalue weighted by atomic mass is 10.7. The molecule has 1 aliphatic rings. The van der Waals surface area contributed by atoms with Crippen LogP contribution in [0.1, 0.15) is 0 Å². The molecule has 0 spiro atoms. The zero-order valence-corrected chi connectivity index (χ0v) is 15.2. The summed E-state index contributed by atoms with van der Waals surface area (Å²) in [4.78, 5) is 0. The summed E-state index contributed by atoms with van der Waals surface area (Å²) in [6, 6.07) is 0. The summed E-state index contributed by atoms with van der Waals surface area (Å²) in [5, 5.41) is 0.